The van der Waals surface area contributed by atoms with Crippen LogP contribution in [0.3, 0.4) is 0 Å². The third-order valence-electron chi connectivity index (χ3n) is 1.19. The van der Waals surface area contributed by atoms with Crippen LogP contribution in [0.2, 0.25) is 0 Å². The molecular formula is C7H10CaO3S. The van der Waals surface area contributed by atoms with Gasteiger partial charge in [0.05, 0.1) is 0 Å². The van der Waals surface area contributed by atoms with Gasteiger partial charge in [0.25, 0.3) is 10.1 Å². The molecular weight excluding hydrogens is 204 g/mol. The zero-order chi connectivity index (χ0) is 8.32. The van der Waals surface area contributed by atoms with Crippen LogP contribution < -0.4 is 0 Å². The minimum absolute atomic E-state index is 0. The van der Waals surface area contributed by atoms with Gasteiger partial charge in [0.2, 0.25) is 0 Å². The maximum Gasteiger partial charge on any atom is 2.00 e. The van der Waals surface area contributed by atoms with Crippen LogP contribution in [0.4, 0.5) is 0 Å². The molecule has 0 aromatic heterocycles. The molecule has 0 unspecified atom stereocenters. The van der Waals surface area contributed by atoms with Gasteiger partial charge in [0, 0.05) is 0 Å². The molecule has 0 atom stereocenters. The molecule has 1 aromatic rings. The predicted octanol–water partition coefficient (Wildman–Crippen LogP) is 0.919. The summed E-state index contributed by atoms with van der Waals surface area (Å²) in [4.78, 5) is 0. The Morgan fingerprint density at radius 2 is 1.75 bits per heavy atom. The normalized spacial score (nSPS) is 10.4. The Balaban J connectivity index is -0.000000403. The molecule has 1 N–H and O–H groups in total. The standard InChI is InChI=1S/C7H8O3S.Ca.2H/c8-11(9,10)6-7-4-2-1-3-5-7;;;/h1-5H,6H2,(H,8,9,10);;;/q;+2;2*-1. The van der Waals surface area contributed by atoms with Crippen molar-refractivity contribution >= 4 is 47.9 Å². The van der Waals surface area contributed by atoms with Gasteiger partial charge >= 0.3 is 37.7 Å². The molecule has 0 aliphatic heterocycles. The van der Waals surface area contributed by atoms with Crippen LogP contribution in [0.1, 0.15) is 8.42 Å². The summed E-state index contributed by atoms with van der Waals surface area (Å²) in [6.07, 6.45) is 0. The van der Waals surface area contributed by atoms with Crippen molar-refractivity contribution < 1.29 is 15.8 Å². The molecule has 0 radical (unpaired) electrons. The Morgan fingerprint density at radius 3 is 2.17 bits per heavy atom. The van der Waals surface area contributed by atoms with E-state index in [0.717, 1.165) is 0 Å². The zero-order valence-corrected chi connectivity index (χ0v) is 9.50. The molecule has 1 aromatic carbocycles. The Hall–Kier alpha value is 0.390. The van der Waals surface area contributed by atoms with E-state index < -0.39 is 10.1 Å². The predicted molar refractivity (Wildman–Crippen MR) is 49.7 cm³/mol. The van der Waals surface area contributed by atoms with Gasteiger partial charge in [-0.1, -0.05) is 30.3 Å². The van der Waals surface area contributed by atoms with E-state index in [1.165, 1.54) is 0 Å². The van der Waals surface area contributed by atoms with Crippen LogP contribution in [0.5, 0.6) is 0 Å². The van der Waals surface area contributed by atoms with Crippen molar-refractivity contribution in [1.82, 2.24) is 0 Å². The molecule has 5 heteroatoms. The van der Waals surface area contributed by atoms with Crippen LogP contribution in [0, 0.1) is 0 Å². The summed E-state index contributed by atoms with van der Waals surface area (Å²) < 4.78 is 29.2. The second-order valence-electron chi connectivity index (χ2n) is 2.21. The summed E-state index contributed by atoms with van der Waals surface area (Å²) in [6, 6.07) is 8.52. The van der Waals surface area contributed by atoms with E-state index in [0.29, 0.717) is 5.56 Å². The van der Waals surface area contributed by atoms with Gasteiger partial charge in [-0.25, -0.2) is 0 Å². The molecule has 0 bridgehead atoms. The average Bonchev–Trinajstić information content (AvgIpc) is 1.85. The molecule has 0 spiro atoms. The Morgan fingerprint density at radius 1 is 1.25 bits per heavy atom. The third-order valence-corrected chi connectivity index (χ3v) is 1.89. The van der Waals surface area contributed by atoms with E-state index in [-0.39, 0.29) is 46.3 Å². The van der Waals surface area contributed by atoms with Crippen molar-refractivity contribution in [3.05, 3.63) is 35.9 Å². The van der Waals surface area contributed by atoms with Crippen molar-refractivity contribution in [3.8, 4) is 0 Å². The van der Waals surface area contributed by atoms with Crippen molar-refractivity contribution in [3.63, 3.8) is 0 Å². The average molecular weight is 214 g/mol. The van der Waals surface area contributed by atoms with Gasteiger partial charge in [-0.15, -0.1) is 0 Å². The van der Waals surface area contributed by atoms with Crippen molar-refractivity contribution in [2.45, 2.75) is 5.75 Å². The summed E-state index contributed by atoms with van der Waals surface area (Å²) >= 11 is 0. The van der Waals surface area contributed by atoms with E-state index in [4.69, 9.17) is 4.55 Å². The summed E-state index contributed by atoms with van der Waals surface area (Å²) in [5.41, 5.74) is 0.593. The molecule has 0 aliphatic rings. The van der Waals surface area contributed by atoms with Crippen LogP contribution in [-0.4, -0.2) is 50.7 Å². The first kappa shape index (κ1) is 12.4. The van der Waals surface area contributed by atoms with Crippen molar-refractivity contribution in [2.24, 2.45) is 0 Å². The van der Waals surface area contributed by atoms with E-state index in [9.17, 15) is 8.42 Å². The Kier molecular flexibility index (Phi) is 5.36. The molecule has 64 valence electrons. The van der Waals surface area contributed by atoms with Gasteiger partial charge < -0.3 is 2.85 Å². The molecule has 0 amide bonds. The number of hydrogen-bond donors (Lipinski definition) is 1. The third kappa shape index (κ3) is 5.11. The SMILES string of the molecule is O=S(=O)(O)Cc1ccccc1.[Ca+2].[H-].[H-]. The van der Waals surface area contributed by atoms with E-state index >= 15 is 0 Å². The van der Waals surface area contributed by atoms with Crippen LogP contribution in [0.25, 0.3) is 0 Å². The maximum absolute atomic E-state index is 10.4. The Labute approximate surface area is 105 Å². The van der Waals surface area contributed by atoms with E-state index in [1.807, 2.05) is 0 Å². The van der Waals surface area contributed by atoms with Gasteiger partial charge in [0.15, 0.2) is 0 Å². The molecule has 0 fully saturated rings. The molecule has 12 heavy (non-hydrogen) atoms. The van der Waals surface area contributed by atoms with Crippen LogP contribution in [-0.2, 0) is 15.9 Å². The minimum atomic E-state index is -3.88. The van der Waals surface area contributed by atoms with Crippen molar-refractivity contribution in [1.29, 1.82) is 0 Å². The van der Waals surface area contributed by atoms with Gasteiger partial charge in [-0.05, 0) is 5.56 Å². The zero-order valence-electron chi connectivity index (χ0n) is 8.47. The van der Waals surface area contributed by atoms with Crippen molar-refractivity contribution in [2.75, 3.05) is 0 Å². The van der Waals surface area contributed by atoms with Crippen LogP contribution >= 0.6 is 0 Å². The van der Waals surface area contributed by atoms with Gasteiger partial charge in [-0.3, -0.25) is 4.55 Å². The fourth-order valence-corrected chi connectivity index (χ4v) is 1.40. The largest absolute Gasteiger partial charge is 2.00 e. The summed E-state index contributed by atoms with van der Waals surface area (Å²) in [5, 5.41) is 0. The Bertz CT molecular complexity index is 328. The van der Waals surface area contributed by atoms with E-state index in [1.54, 1.807) is 30.3 Å². The van der Waals surface area contributed by atoms with Gasteiger partial charge in [0.1, 0.15) is 5.75 Å². The summed E-state index contributed by atoms with van der Waals surface area (Å²) in [5.74, 6) is -0.312. The second kappa shape index (κ2) is 5.19. The summed E-state index contributed by atoms with van der Waals surface area (Å²) in [7, 11) is -3.88. The maximum atomic E-state index is 10.4. The quantitative estimate of drug-likeness (QED) is 0.588. The molecule has 0 saturated carbocycles. The first-order valence-electron chi connectivity index (χ1n) is 3.07. The monoisotopic (exact) mass is 214 g/mol. The second-order valence-corrected chi connectivity index (χ2v) is 3.66. The fourth-order valence-electron chi connectivity index (χ4n) is 0.785. The number of rotatable bonds is 2. The minimum Gasteiger partial charge on any atom is -1.00 e. The molecule has 0 heterocycles. The fraction of sp³-hybridized carbons (Fsp3) is 0.143. The topological polar surface area (TPSA) is 54.4 Å². The number of benzene rings is 1. The number of hydrogen-bond acceptors (Lipinski definition) is 2. The summed E-state index contributed by atoms with van der Waals surface area (Å²) in [6.45, 7) is 0. The molecule has 0 aliphatic carbocycles. The molecule has 3 nitrogen and oxygen atoms in total. The van der Waals surface area contributed by atoms with E-state index in [2.05, 4.69) is 0 Å². The van der Waals surface area contributed by atoms with Crippen LogP contribution in [0.15, 0.2) is 30.3 Å². The first-order valence-corrected chi connectivity index (χ1v) is 4.68. The molecule has 0 saturated heterocycles. The van der Waals surface area contributed by atoms with Gasteiger partial charge in [-0.2, -0.15) is 8.42 Å². The first-order chi connectivity index (χ1) is 5.08. The smallest absolute Gasteiger partial charge is 1.00 e. The molecule has 1 rings (SSSR count).